The number of hydrogen-bond acceptors (Lipinski definition) is 2. The van der Waals surface area contributed by atoms with Crippen molar-refractivity contribution in [2.24, 2.45) is 5.92 Å². The number of anilines is 1. The monoisotopic (exact) mass is 218 g/mol. The molecule has 2 nitrogen and oxygen atoms in total. The van der Waals surface area contributed by atoms with E-state index in [4.69, 9.17) is 5.73 Å². The highest BCUT2D eigenvalue weighted by Crippen LogP contribution is 2.31. The molecule has 1 fully saturated rings. The van der Waals surface area contributed by atoms with Crippen molar-refractivity contribution in [2.75, 3.05) is 25.9 Å². The molecular formula is C14H22N2. The fraction of sp³-hybridized carbons (Fsp3) is 0.571. The Labute approximate surface area is 98.4 Å². The van der Waals surface area contributed by atoms with Crippen molar-refractivity contribution in [1.82, 2.24) is 4.90 Å². The van der Waals surface area contributed by atoms with Crippen LogP contribution >= 0.6 is 0 Å². The van der Waals surface area contributed by atoms with Crippen molar-refractivity contribution < 1.29 is 0 Å². The van der Waals surface area contributed by atoms with E-state index in [1.807, 2.05) is 12.1 Å². The highest BCUT2D eigenvalue weighted by Gasteiger charge is 2.23. The Morgan fingerprint density at radius 1 is 1.31 bits per heavy atom. The molecular weight excluding hydrogens is 196 g/mol. The first-order valence-corrected chi connectivity index (χ1v) is 6.21. The van der Waals surface area contributed by atoms with Gasteiger partial charge in [-0.2, -0.15) is 0 Å². The van der Waals surface area contributed by atoms with Crippen LogP contribution in [0.2, 0.25) is 0 Å². The molecule has 2 atom stereocenters. The summed E-state index contributed by atoms with van der Waals surface area (Å²) in [7, 11) is 2.22. The lowest BCUT2D eigenvalue weighted by atomic mass is 9.82. The van der Waals surface area contributed by atoms with Crippen molar-refractivity contribution in [3.63, 3.8) is 0 Å². The molecule has 0 radical (unpaired) electrons. The quantitative estimate of drug-likeness (QED) is 0.773. The van der Waals surface area contributed by atoms with Crippen LogP contribution < -0.4 is 5.73 Å². The maximum Gasteiger partial charge on any atom is 0.0314 e. The zero-order valence-electron chi connectivity index (χ0n) is 10.3. The molecule has 0 spiro atoms. The second kappa shape index (κ2) is 4.88. The SMILES string of the molecule is CC(c1ccc(N)cc1)C1CCCN(C)C1. The maximum atomic E-state index is 5.72. The van der Waals surface area contributed by atoms with Gasteiger partial charge < -0.3 is 10.6 Å². The molecule has 2 unspecified atom stereocenters. The molecule has 0 aromatic heterocycles. The molecule has 0 saturated carbocycles. The zero-order valence-corrected chi connectivity index (χ0v) is 10.3. The van der Waals surface area contributed by atoms with Gasteiger partial charge in [-0.25, -0.2) is 0 Å². The van der Waals surface area contributed by atoms with Gasteiger partial charge in [-0.05, 0) is 56.0 Å². The minimum absolute atomic E-state index is 0.642. The van der Waals surface area contributed by atoms with Crippen molar-refractivity contribution in [3.05, 3.63) is 29.8 Å². The van der Waals surface area contributed by atoms with E-state index in [0.29, 0.717) is 5.92 Å². The molecule has 2 N–H and O–H groups in total. The summed E-state index contributed by atoms with van der Waals surface area (Å²) in [6.07, 6.45) is 2.69. The molecule has 2 heteroatoms. The van der Waals surface area contributed by atoms with Crippen LogP contribution in [0.3, 0.4) is 0 Å². The van der Waals surface area contributed by atoms with Crippen LogP contribution in [0.15, 0.2) is 24.3 Å². The van der Waals surface area contributed by atoms with E-state index in [2.05, 4.69) is 31.0 Å². The summed E-state index contributed by atoms with van der Waals surface area (Å²) in [6, 6.07) is 8.37. The number of rotatable bonds is 2. The van der Waals surface area contributed by atoms with Crippen molar-refractivity contribution >= 4 is 5.69 Å². The lowest BCUT2D eigenvalue weighted by Gasteiger charge is -2.33. The average Bonchev–Trinajstić information content (AvgIpc) is 2.29. The Hall–Kier alpha value is -1.02. The second-order valence-electron chi connectivity index (χ2n) is 5.12. The predicted octanol–water partition coefficient (Wildman–Crippen LogP) is 2.71. The van der Waals surface area contributed by atoms with E-state index in [-0.39, 0.29) is 0 Å². The minimum atomic E-state index is 0.642. The number of hydrogen-bond donors (Lipinski definition) is 1. The van der Waals surface area contributed by atoms with Gasteiger partial charge in [0.15, 0.2) is 0 Å². The first-order valence-electron chi connectivity index (χ1n) is 6.21. The lowest BCUT2D eigenvalue weighted by molar-refractivity contribution is 0.191. The summed E-state index contributed by atoms with van der Waals surface area (Å²) in [4.78, 5) is 2.45. The van der Waals surface area contributed by atoms with Crippen LogP contribution in [0.5, 0.6) is 0 Å². The Morgan fingerprint density at radius 3 is 2.62 bits per heavy atom. The van der Waals surface area contributed by atoms with Crippen LogP contribution in [0.25, 0.3) is 0 Å². The molecule has 1 aromatic carbocycles. The number of likely N-dealkylation sites (tertiary alicyclic amines) is 1. The topological polar surface area (TPSA) is 29.3 Å². The largest absolute Gasteiger partial charge is 0.399 e. The Balaban J connectivity index is 2.06. The van der Waals surface area contributed by atoms with E-state index < -0.39 is 0 Å². The van der Waals surface area contributed by atoms with Gasteiger partial charge in [0.1, 0.15) is 0 Å². The first kappa shape index (κ1) is 11.5. The van der Waals surface area contributed by atoms with E-state index in [1.54, 1.807) is 0 Å². The maximum absolute atomic E-state index is 5.72. The lowest BCUT2D eigenvalue weighted by Crippen LogP contribution is -2.34. The molecule has 1 aromatic rings. The highest BCUT2D eigenvalue weighted by molar-refractivity contribution is 5.40. The van der Waals surface area contributed by atoms with Crippen LogP contribution in [0.4, 0.5) is 5.69 Å². The summed E-state index contributed by atoms with van der Waals surface area (Å²) >= 11 is 0. The first-order chi connectivity index (χ1) is 7.66. The number of nitrogens with zero attached hydrogens (tertiary/aromatic N) is 1. The van der Waals surface area contributed by atoms with Crippen LogP contribution in [-0.2, 0) is 0 Å². The third kappa shape index (κ3) is 2.56. The number of benzene rings is 1. The fourth-order valence-electron chi connectivity index (χ4n) is 2.69. The van der Waals surface area contributed by atoms with E-state index in [9.17, 15) is 0 Å². The van der Waals surface area contributed by atoms with Crippen molar-refractivity contribution in [2.45, 2.75) is 25.7 Å². The van der Waals surface area contributed by atoms with Crippen LogP contribution in [-0.4, -0.2) is 25.0 Å². The molecule has 16 heavy (non-hydrogen) atoms. The van der Waals surface area contributed by atoms with Gasteiger partial charge in [0, 0.05) is 12.2 Å². The van der Waals surface area contributed by atoms with Gasteiger partial charge in [-0.15, -0.1) is 0 Å². The summed E-state index contributed by atoms with van der Waals surface area (Å²) in [5.74, 6) is 1.44. The normalized spacial score (nSPS) is 24.2. The van der Waals surface area contributed by atoms with Gasteiger partial charge in [0.05, 0.1) is 0 Å². The van der Waals surface area contributed by atoms with Gasteiger partial charge in [-0.1, -0.05) is 19.1 Å². The van der Waals surface area contributed by atoms with Gasteiger partial charge in [-0.3, -0.25) is 0 Å². The molecule has 0 aliphatic carbocycles. The molecule has 1 aliphatic rings. The Morgan fingerprint density at radius 2 is 2.00 bits per heavy atom. The fourth-order valence-corrected chi connectivity index (χ4v) is 2.69. The van der Waals surface area contributed by atoms with E-state index in [0.717, 1.165) is 11.6 Å². The summed E-state index contributed by atoms with van der Waals surface area (Å²) in [5.41, 5.74) is 8.00. The second-order valence-corrected chi connectivity index (χ2v) is 5.12. The summed E-state index contributed by atoms with van der Waals surface area (Å²) in [6.45, 7) is 4.83. The minimum Gasteiger partial charge on any atom is -0.399 e. The molecule has 1 heterocycles. The predicted molar refractivity (Wildman–Crippen MR) is 69.5 cm³/mol. The third-order valence-corrected chi connectivity index (χ3v) is 3.83. The summed E-state index contributed by atoms with van der Waals surface area (Å²) < 4.78 is 0. The highest BCUT2D eigenvalue weighted by atomic mass is 15.1. The molecule has 0 bridgehead atoms. The van der Waals surface area contributed by atoms with Crippen LogP contribution in [0, 0.1) is 5.92 Å². The summed E-state index contributed by atoms with van der Waals surface area (Å²) in [5, 5.41) is 0. The zero-order chi connectivity index (χ0) is 11.5. The van der Waals surface area contributed by atoms with Gasteiger partial charge in [0.25, 0.3) is 0 Å². The molecule has 88 valence electrons. The smallest absolute Gasteiger partial charge is 0.0314 e. The standard InChI is InChI=1S/C14H22N2/c1-11(12-5-7-14(15)8-6-12)13-4-3-9-16(2)10-13/h5-8,11,13H,3-4,9-10,15H2,1-2H3. The van der Waals surface area contributed by atoms with Gasteiger partial charge >= 0.3 is 0 Å². The van der Waals surface area contributed by atoms with E-state index >= 15 is 0 Å². The Bertz CT molecular complexity index is 331. The molecule has 0 amide bonds. The van der Waals surface area contributed by atoms with Gasteiger partial charge in [0.2, 0.25) is 0 Å². The Kier molecular flexibility index (Phi) is 3.49. The molecule has 1 saturated heterocycles. The molecule has 2 rings (SSSR count). The number of piperidine rings is 1. The number of nitrogen functional groups attached to an aromatic ring is 1. The molecule has 1 aliphatic heterocycles. The third-order valence-electron chi connectivity index (χ3n) is 3.83. The van der Waals surface area contributed by atoms with E-state index in [1.165, 1.54) is 31.5 Å². The van der Waals surface area contributed by atoms with Crippen LogP contribution in [0.1, 0.15) is 31.2 Å². The average molecular weight is 218 g/mol. The van der Waals surface area contributed by atoms with Crippen molar-refractivity contribution in [3.8, 4) is 0 Å². The van der Waals surface area contributed by atoms with Crippen molar-refractivity contribution in [1.29, 1.82) is 0 Å². The number of nitrogens with two attached hydrogens (primary N) is 1.